The Morgan fingerprint density at radius 1 is 1.21 bits per heavy atom. The van der Waals surface area contributed by atoms with Gasteiger partial charge in [-0.15, -0.1) is 11.3 Å². The number of halogens is 2. The fourth-order valence-electron chi connectivity index (χ4n) is 3.83. The highest BCUT2D eigenvalue weighted by Crippen LogP contribution is 2.30. The molecule has 15 heteroatoms. The maximum atomic E-state index is 15.0. The molecule has 2 saturated heterocycles. The van der Waals surface area contributed by atoms with Gasteiger partial charge in [-0.3, -0.25) is 29.0 Å². The molecule has 1 atom stereocenters. The molecular weight excluding hydrogens is 563 g/mol. The van der Waals surface area contributed by atoms with E-state index in [4.69, 9.17) is 26.8 Å². The third-order valence-corrected chi connectivity index (χ3v) is 7.73. The van der Waals surface area contributed by atoms with Crippen molar-refractivity contribution in [1.82, 2.24) is 4.90 Å². The molecule has 2 aliphatic heterocycles. The first-order valence-electron chi connectivity index (χ1n) is 11.3. The van der Waals surface area contributed by atoms with Gasteiger partial charge in [0.05, 0.1) is 46.9 Å². The molecule has 2 fully saturated rings. The number of benzene rings is 1. The molecule has 11 nitrogen and oxygen atoms in total. The largest absolute Gasteiger partial charge is 0.442 e. The van der Waals surface area contributed by atoms with Crippen molar-refractivity contribution in [2.24, 2.45) is 5.73 Å². The fourth-order valence-corrected chi connectivity index (χ4v) is 5.38. The van der Waals surface area contributed by atoms with Gasteiger partial charge < -0.3 is 20.1 Å². The molecule has 0 bridgehead atoms. The van der Waals surface area contributed by atoms with Gasteiger partial charge in [0.15, 0.2) is 0 Å². The SMILES string of the molecule is NCC(=O)SCC(=O)N(CC1CN(c2ccc(N3CCOCC3=O)cc2F)C(=O)O1)C(=O)c1ccc(Cl)s1. The summed E-state index contributed by atoms with van der Waals surface area (Å²) in [4.78, 5) is 65.7. The fraction of sp³-hybridized carbons (Fsp3) is 0.348. The number of morpholine rings is 1. The van der Waals surface area contributed by atoms with Crippen LogP contribution >= 0.6 is 34.7 Å². The van der Waals surface area contributed by atoms with Crippen molar-refractivity contribution in [1.29, 1.82) is 0 Å². The Labute approximate surface area is 229 Å². The minimum atomic E-state index is -0.971. The summed E-state index contributed by atoms with van der Waals surface area (Å²) in [5.74, 6) is -2.77. The highest BCUT2D eigenvalue weighted by molar-refractivity contribution is 8.14. The molecule has 0 aliphatic carbocycles. The Morgan fingerprint density at radius 3 is 2.66 bits per heavy atom. The molecule has 2 N–H and O–H groups in total. The van der Waals surface area contributed by atoms with Crippen LogP contribution in [0.1, 0.15) is 9.67 Å². The molecule has 4 amide bonds. The molecule has 3 heterocycles. The van der Waals surface area contributed by atoms with Gasteiger partial charge >= 0.3 is 6.09 Å². The van der Waals surface area contributed by atoms with E-state index in [1.165, 1.54) is 29.2 Å². The minimum Gasteiger partial charge on any atom is -0.442 e. The van der Waals surface area contributed by atoms with Crippen LogP contribution < -0.4 is 15.5 Å². The first-order chi connectivity index (χ1) is 18.2. The van der Waals surface area contributed by atoms with E-state index in [1.54, 1.807) is 0 Å². The average Bonchev–Trinajstić information content (AvgIpc) is 3.50. The number of rotatable bonds is 8. The highest BCUT2D eigenvalue weighted by Gasteiger charge is 2.38. The summed E-state index contributed by atoms with van der Waals surface area (Å²) in [6.07, 6.45) is -1.84. The molecule has 1 aromatic carbocycles. The number of thioether (sulfide) groups is 1. The molecular formula is C23H22ClFN4O7S2. The van der Waals surface area contributed by atoms with Crippen LogP contribution in [-0.4, -0.2) is 85.1 Å². The topological polar surface area (TPSA) is 140 Å². The summed E-state index contributed by atoms with van der Waals surface area (Å²) in [5.41, 5.74) is 5.52. The molecule has 202 valence electrons. The van der Waals surface area contributed by atoms with Gasteiger partial charge in [0.2, 0.25) is 11.0 Å². The van der Waals surface area contributed by atoms with Crippen LogP contribution in [0, 0.1) is 5.82 Å². The van der Waals surface area contributed by atoms with Crippen molar-refractivity contribution >= 4 is 75.0 Å². The summed E-state index contributed by atoms with van der Waals surface area (Å²) in [6.45, 7) is -0.259. The van der Waals surface area contributed by atoms with Gasteiger partial charge in [0.1, 0.15) is 18.5 Å². The van der Waals surface area contributed by atoms with Gasteiger partial charge in [0, 0.05) is 12.2 Å². The molecule has 0 spiro atoms. The van der Waals surface area contributed by atoms with Crippen LogP contribution in [0.15, 0.2) is 30.3 Å². The number of cyclic esters (lactones) is 1. The quantitative estimate of drug-likeness (QED) is 0.494. The lowest BCUT2D eigenvalue weighted by atomic mass is 10.2. The van der Waals surface area contributed by atoms with E-state index < -0.39 is 34.9 Å². The Morgan fingerprint density at radius 2 is 2.00 bits per heavy atom. The van der Waals surface area contributed by atoms with E-state index in [-0.39, 0.29) is 55.0 Å². The first-order valence-corrected chi connectivity index (χ1v) is 13.5. The normalized spacial score (nSPS) is 17.5. The van der Waals surface area contributed by atoms with Crippen LogP contribution in [0.4, 0.5) is 20.6 Å². The van der Waals surface area contributed by atoms with Crippen LogP contribution in [0.25, 0.3) is 0 Å². The number of thiophene rings is 1. The Balaban J connectivity index is 1.49. The number of nitrogens with zero attached hydrogens (tertiary/aromatic N) is 3. The third kappa shape index (κ3) is 6.32. The number of imide groups is 1. The highest BCUT2D eigenvalue weighted by atomic mass is 35.5. The molecule has 2 aromatic rings. The van der Waals surface area contributed by atoms with Crippen LogP contribution in [-0.2, 0) is 23.9 Å². The average molecular weight is 585 g/mol. The molecule has 0 saturated carbocycles. The predicted molar refractivity (Wildman–Crippen MR) is 139 cm³/mol. The lowest BCUT2D eigenvalue weighted by molar-refractivity contribution is -0.127. The van der Waals surface area contributed by atoms with Crippen LogP contribution in [0.3, 0.4) is 0 Å². The van der Waals surface area contributed by atoms with E-state index in [0.717, 1.165) is 27.2 Å². The van der Waals surface area contributed by atoms with Gasteiger partial charge in [-0.2, -0.15) is 0 Å². The summed E-state index contributed by atoms with van der Waals surface area (Å²) < 4.78 is 25.8. The second kappa shape index (κ2) is 12.2. The van der Waals surface area contributed by atoms with Crippen molar-refractivity contribution in [2.75, 3.05) is 54.9 Å². The molecule has 0 radical (unpaired) electrons. The lowest BCUT2D eigenvalue weighted by Gasteiger charge is -2.27. The third-order valence-electron chi connectivity index (χ3n) is 5.63. The summed E-state index contributed by atoms with van der Waals surface area (Å²) in [6, 6.07) is 6.96. The molecule has 4 rings (SSSR count). The Kier molecular flexibility index (Phi) is 8.99. The number of carbonyl (C=O) groups excluding carboxylic acids is 5. The smallest absolute Gasteiger partial charge is 0.414 e. The van der Waals surface area contributed by atoms with E-state index in [1.807, 2.05) is 0 Å². The van der Waals surface area contributed by atoms with Gasteiger partial charge in [0.25, 0.3) is 11.8 Å². The molecule has 1 aromatic heterocycles. The van der Waals surface area contributed by atoms with Crippen LogP contribution in [0.2, 0.25) is 4.34 Å². The van der Waals surface area contributed by atoms with E-state index in [0.29, 0.717) is 28.4 Å². The second-order valence-corrected chi connectivity index (χ2v) is 10.9. The van der Waals surface area contributed by atoms with E-state index in [9.17, 15) is 24.0 Å². The van der Waals surface area contributed by atoms with E-state index in [2.05, 4.69) is 0 Å². The number of hydrogen-bond donors (Lipinski definition) is 1. The van der Waals surface area contributed by atoms with Gasteiger partial charge in [-0.1, -0.05) is 23.4 Å². The van der Waals surface area contributed by atoms with Crippen molar-refractivity contribution < 1.29 is 37.8 Å². The van der Waals surface area contributed by atoms with Crippen molar-refractivity contribution in [3.05, 3.63) is 45.4 Å². The number of hydrogen-bond acceptors (Lipinski definition) is 10. The number of anilines is 2. The number of nitrogens with two attached hydrogens (primary N) is 1. The molecule has 38 heavy (non-hydrogen) atoms. The molecule has 2 aliphatic rings. The van der Waals surface area contributed by atoms with Crippen molar-refractivity contribution in [2.45, 2.75) is 6.10 Å². The molecule has 1 unspecified atom stereocenters. The minimum absolute atomic E-state index is 0.0831. The Bertz CT molecular complexity index is 1280. The summed E-state index contributed by atoms with van der Waals surface area (Å²) in [7, 11) is 0. The van der Waals surface area contributed by atoms with E-state index >= 15 is 4.39 Å². The maximum Gasteiger partial charge on any atom is 0.414 e. The number of ether oxygens (including phenoxy) is 2. The zero-order valence-corrected chi connectivity index (χ0v) is 22.2. The van der Waals surface area contributed by atoms with Crippen molar-refractivity contribution in [3.8, 4) is 0 Å². The van der Waals surface area contributed by atoms with Gasteiger partial charge in [-0.25, -0.2) is 9.18 Å². The monoisotopic (exact) mass is 584 g/mol. The predicted octanol–water partition coefficient (Wildman–Crippen LogP) is 2.12. The number of amides is 4. The standard InChI is InChI=1S/C23H22ClFN4O7S2/c24-18-4-3-17(38-18)22(33)29(20(31)12-37-21(32)8-26)10-14-9-28(23(34)36-14)16-2-1-13(7-15(16)25)27-5-6-35-11-19(27)30/h1-4,7,14H,5-6,8-12,26H2. The summed E-state index contributed by atoms with van der Waals surface area (Å²) in [5, 5.41) is -0.430. The van der Waals surface area contributed by atoms with Crippen molar-refractivity contribution in [3.63, 3.8) is 0 Å². The first kappa shape index (κ1) is 28.0. The zero-order chi connectivity index (χ0) is 27.4. The lowest BCUT2D eigenvalue weighted by Crippen LogP contribution is -2.44. The zero-order valence-electron chi connectivity index (χ0n) is 19.8. The maximum absolute atomic E-state index is 15.0. The Hall–Kier alpha value is -3.04. The second-order valence-electron chi connectivity index (χ2n) is 8.13. The summed E-state index contributed by atoms with van der Waals surface area (Å²) >= 11 is 7.57. The van der Waals surface area contributed by atoms with Gasteiger partial charge in [-0.05, 0) is 30.3 Å². The van der Waals surface area contributed by atoms with Crippen LogP contribution in [0.5, 0.6) is 0 Å². The number of carbonyl (C=O) groups is 5.